The van der Waals surface area contributed by atoms with Crippen molar-refractivity contribution in [2.24, 2.45) is 0 Å². The smallest absolute Gasteiger partial charge is 0.181 e. The van der Waals surface area contributed by atoms with Crippen molar-refractivity contribution >= 4 is 38.9 Å². The van der Waals surface area contributed by atoms with Crippen LogP contribution in [-0.4, -0.2) is 26.2 Å². The van der Waals surface area contributed by atoms with Gasteiger partial charge in [-0.05, 0) is 30.6 Å². The van der Waals surface area contributed by atoms with E-state index in [9.17, 15) is 8.42 Å². The fourth-order valence-corrected chi connectivity index (χ4v) is 4.02. The van der Waals surface area contributed by atoms with Crippen molar-refractivity contribution in [2.45, 2.75) is 11.3 Å². The number of sulfone groups is 1. The predicted octanol–water partition coefficient (Wildman–Crippen LogP) is 2.45. The maximum absolute atomic E-state index is 12.0. The molecule has 0 saturated carbocycles. The number of hydrogen-bond donors (Lipinski definition) is 1. The van der Waals surface area contributed by atoms with Gasteiger partial charge in [0, 0.05) is 0 Å². The van der Waals surface area contributed by atoms with E-state index in [0.717, 1.165) is 5.75 Å². The van der Waals surface area contributed by atoms with Crippen molar-refractivity contribution in [1.82, 2.24) is 0 Å². The first-order valence-corrected chi connectivity index (χ1v) is 8.17. The fourth-order valence-electron chi connectivity index (χ4n) is 1.35. The molecule has 0 fully saturated rings. The predicted molar refractivity (Wildman–Crippen MR) is 70.9 cm³/mol. The summed E-state index contributed by atoms with van der Waals surface area (Å²) in [6.07, 6.45) is 2.55. The van der Waals surface area contributed by atoms with E-state index < -0.39 is 9.84 Å². The maximum atomic E-state index is 12.0. The molecule has 0 spiro atoms. The van der Waals surface area contributed by atoms with Gasteiger partial charge in [0.05, 0.1) is 16.5 Å². The van der Waals surface area contributed by atoms with Gasteiger partial charge in [-0.15, -0.1) is 0 Å². The molecule has 1 aromatic carbocycles. The summed E-state index contributed by atoms with van der Waals surface area (Å²) in [5, 5.41) is 0.198. The monoisotopic (exact) mass is 279 g/mol. The Morgan fingerprint density at radius 3 is 2.69 bits per heavy atom. The first-order valence-electron chi connectivity index (χ1n) is 4.74. The van der Waals surface area contributed by atoms with Gasteiger partial charge in [-0.25, -0.2) is 8.42 Å². The van der Waals surface area contributed by atoms with Crippen LogP contribution >= 0.6 is 23.4 Å². The number of nitrogens with two attached hydrogens (primary N) is 1. The van der Waals surface area contributed by atoms with E-state index in [-0.39, 0.29) is 21.4 Å². The molecule has 2 N–H and O–H groups in total. The molecule has 0 aromatic heterocycles. The highest BCUT2D eigenvalue weighted by atomic mass is 35.5. The van der Waals surface area contributed by atoms with Gasteiger partial charge in [0.25, 0.3) is 0 Å². The fraction of sp³-hybridized carbons (Fsp3) is 0.400. The van der Waals surface area contributed by atoms with Crippen molar-refractivity contribution in [3.8, 4) is 0 Å². The second-order valence-corrected chi connectivity index (χ2v) is 6.76. The first-order chi connectivity index (χ1) is 7.49. The Morgan fingerprint density at radius 2 is 2.12 bits per heavy atom. The summed E-state index contributed by atoms with van der Waals surface area (Å²) in [6.45, 7) is 0. The van der Waals surface area contributed by atoms with E-state index in [1.54, 1.807) is 30.0 Å². The van der Waals surface area contributed by atoms with Gasteiger partial charge in [-0.3, -0.25) is 0 Å². The SMILES string of the molecule is CSCCCS(=O)(=O)c1c(N)cccc1Cl. The molecule has 0 aliphatic carbocycles. The second kappa shape index (κ2) is 5.80. The third-order valence-corrected chi connectivity index (χ3v) is 5.10. The minimum Gasteiger partial charge on any atom is -0.398 e. The summed E-state index contributed by atoms with van der Waals surface area (Å²) in [4.78, 5) is 0.0674. The van der Waals surface area contributed by atoms with Crippen LogP contribution in [0.15, 0.2) is 23.1 Å². The minimum absolute atomic E-state index is 0.0674. The van der Waals surface area contributed by atoms with Crippen molar-refractivity contribution in [3.63, 3.8) is 0 Å². The summed E-state index contributed by atoms with van der Waals surface area (Å²) in [5.41, 5.74) is 5.86. The van der Waals surface area contributed by atoms with E-state index in [2.05, 4.69) is 0 Å². The molecule has 6 heteroatoms. The summed E-state index contributed by atoms with van der Waals surface area (Å²) in [5.74, 6) is 0.894. The first kappa shape index (κ1) is 13.7. The molecule has 3 nitrogen and oxygen atoms in total. The van der Waals surface area contributed by atoms with Crippen molar-refractivity contribution in [1.29, 1.82) is 0 Å². The molecule has 0 saturated heterocycles. The van der Waals surface area contributed by atoms with Gasteiger partial charge < -0.3 is 5.73 Å². The lowest BCUT2D eigenvalue weighted by atomic mass is 10.3. The van der Waals surface area contributed by atoms with Crippen LogP contribution in [0, 0.1) is 0 Å². The van der Waals surface area contributed by atoms with Crippen LogP contribution in [0.3, 0.4) is 0 Å². The highest BCUT2D eigenvalue weighted by Crippen LogP contribution is 2.28. The zero-order valence-corrected chi connectivity index (χ0v) is 11.3. The number of nitrogen functional groups attached to an aromatic ring is 1. The highest BCUT2D eigenvalue weighted by molar-refractivity contribution is 7.98. The van der Waals surface area contributed by atoms with Crippen LogP contribution in [0.25, 0.3) is 0 Å². The van der Waals surface area contributed by atoms with Gasteiger partial charge in [0.1, 0.15) is 4.90 Å². The third-order valence-electron chi connectivity index (χ3n) is 2.07. The lowest BCUT2D eigenvalue weighted by Crippen LogP contribution is -2.10. The van der Waals surface area contributed by atoms with Crippen LogP contribution in [0.5, 0.6) is 0 Å². The number of halogens is 1. The highest BCUT2D eigenvalue weighted by Gasteiger charge is 2.20. The summed E-state index contributed by atoms with van der Waals surface area (Å²) in [6, 6.07) is 4.73. The quantitative estimate of drug-likeness (QED) is 0.664. The van der Waals surface area contributed by atoms with Gasteiger partial charge in [0.2, 0.25) is 0 Å². The van der Waals surface area contributed by atoms with E-state index in [0.29, 0.717) is 6.42 Å². The van der Waals surface area contributed by atoms with Crippen molar-refractivity contribution < 1.29 is 8.42 Å². The molecule has 16 heavy (non-hydrogen) atoms. The standard InChI is InChI=1S/C10H14ClNO2S2/c1-15-6-3-7-16(13,14)10-8(11)4-2-5-9(10)12/h2,4-5H,3,6-7,12H2,1H3. The summed E-state index contributed by atoms with van der Waals surface area (Å²) < 4.78 is 23.9. The molecule has 0 unspecified atom stereocenters. The average Bonchev–Trinajstić information content (AvgIpc) is 2.17. The number of benzene rings is 1. The Balaban J connectivity index is 2.98. The van der Waals surface area contributed by atoms with E-state index in [1.165, 1.54) is 0 Å². The zero-order valence-electron chi connectivity index (χ0n) is 8.94. The van der Waals surface area contributed by atoms with Crippen LogP contribution in [0.2, 0.25) is 5.02 Å². The average molecular weight is 280 g/mol. The minimum atomic E-state index is -3.36. The van der Waals surface area contributed by atoms with Crippen LogP contribution < -0.4 is 5.73 Å². The third kappa shape index (κ3) is 3.30. The molecule has 0 amide bonds. The molecule has 0 atom stereocenters. The van der Waals surface area contributed by atoms with E-state index in [4.69, 9.17) is 17.3 Å². The number of thioether (sulfide) groups is 1. The Kier molecular flexibility index (Phi) is 4.95. The molecule has 0 aliphatic heterocycles. The molecular weight excluding hydrogens is 266 g/mol. The lowest BCUT2D eigenvalue weighted by Gasteiger charge is -2.08. The Labute approximate surface area is 105 Å². The molecule has 0 bridgehead atoms. The molecule has 1 aromatic rings. The molecule has 0 heterocycles. The Morgan fingerprint density at radius 1 is 1.44 bits per heavy atom. The summed E-state index contributed by atoms with van der Waals surface area (Å²) >= 11 is 7.48. The van der Waals surface area contributed by atoms with Crippen molar-refractivity contribution in [2.75, 3.05) is 23.5 Å². The normalized spacial score (nSPS) is 11.6. The summed E-state index contributed by atoms with van der Waals surface area (Å²) in [7, 11) is -3.36. The zero-order chi connectivity index (χ0) is 12.2. The van der Waals surface area contributed by atoms with Gasteiger partial charge in [-0.1, -0.05) is 17.7 Å². The molecule has 0 aliphatic rings. The molecule has 90 valence electrons. The Hall–Kier alpha value is -0.390. The van der Waals surface area contributed by atoms with E-state index in [1.807, 2.05) is 6.26 Å². The molecular formula is C10H14ClNO2S2. The molecule has 1 rings (SSSR count). The lowest BCUT2D eigenvalue weighted by molar-refractivity contribution is 0.595. The van der Waals surface area contributed by atoms with Gasteiger partial charge in [0.15, 0.2) is 9.84 Å². The van der Waals surface area contributed by atoms with Crippen LogP contribution in [-0.2, 0) is 9.84 Å². The molecule has 0 radical (unpaired) electrons. The second-order valence-electron chi connectivity index (χ2n) is 3.32. The Bertz CT molecular complexity index is 440. The number of hydrogen-bond acceptors (Lipinski definition) is 4. The maximum Gasteiger partial charge on any atom is 0.181 e. The van der Waals surface area contributed by atoms with Crippen molar-refractivity contribution in [3.05, 3.63) is 23.2 Å². The van der Waals surface area contributed by atoms with Gasteiger partial charge >= 0.3 is 0 Å². The van der Waals surface area contributed by atoms with Crippen LogP contribution in [0.4, 0.5) is 5.69 Å². The van der Waals surface area contributed by atoms with E-state index >= 15 is 0 Å². The topological polar surface area (TPSA) is 60.2 Å². The number of anilines is 1. The van der Waals surface area contributed by atoms with Crippen LogP contribution in [0.1, 0.15) is 6.42 Å². The number of rotatable bonds is 5. The largest absolute Gasteiger partial charge is 0.398 e. The van der Waals surface area contributed by atoms with Gasteiger partial charge in [-0.2, -0.15) is 11.8 Å².